The molecule has 4 heteroatoms. The van der Waals surface area contributed by atoms with E-state index in [1.165, 1.54) is 33.4 Å². The van der Waals surface area contributed by atoms with Gasteiger partial charge in [-0.3, -0.25) is 0 Å². The van der Waals surface area contributed by atoms with Gasteiger partial charge in [-0.1, -0.05) is 114 Å². The lowest BCUT2D eigenvalue weighted by Crippen LogP contribution is -2.42. The fourth-order valence-electron chi connectivity index (χ4n) is 6.66. The van der Waals surface area contributed by atoms with Gasteiger partial charge in [0.2, 0.25) is 0 Å². The van der Waals surface area contributed by atoms with Crippen molar-refractivity contribution in [3.63, 3.8) is 0 Å². The Morgan fingerprint density at radius 3 is 1.75 bits per heavy atom. The summed E-state index contributed by atoms with van der Waals surface area (Å²) < 4.78 is 6.34. The number of benzene rings is 5. The normalized spacial score (nSPS) is 14.1. The van der Waals surface area contributed by atoms with Crippen molar-refractivity contribution in [1.29, 1.82) is 0 Å². The van der Waals surface area contributed by atoms with Gasteiger partial charge in [-0.2, -0.15) is 0 Å². The van der Waals surface area contributed by atoms with Crippen LogP contribution in [0.25, 0.3) is 44.2 Å². The minimum absolute atomic E-state index is 0.0318. The lowest BCUT2D eigenvalue weighted by atomic mass is 9.30. The van der Waals surface area contributed by atoms with Crippen LogP contribution < -0.4 is 0 Å². The van der Waals surface area contributed by atoms with Crippen molar-refractivity contribution in [2.24, 2.45) is 0 Å². The van der Waals surface area contributed by atoms with Crippen LogP contribution in [-0.4, -0.2) is 23.5 Å². The number of rotatable bonds is 3. The zero-order valence-corrected chi connectivity index (χ0v) is 20.9. The Morgan fingerprint density at radius 2 is 1.08 bits per heavy atom. The van der Waals surface area contributed by atoms with Crippen molar-refractivity contribution >= 4 is 45.5 Å². The SMILES string of the molecule is BC(B)(B)C1(c2ccc(-c3cccc4c3oc3ccccc34)cc2)c2ccccc2-c2ccccc21. The molecule has 0 saturated carbocycles. The second kappa shape index (κ2) is 7.55. The molecule has 0 N–H and O–H groups in total. The number of hydrogen-bond acceptors (Lipinski definition) is 1. The molecule has 1 aliphatic carbocycles. The molecule has 0 amide bonds. The molecule has 0 atom stereocenters. The first-order valence-corrected chi connectivity index (χ1v) is 12.7. The Labute approximate surface area is 214 Å². The molecule has 0 radical (unpaired) electrons. The number of para-hydroxylation sites is 2. The quantitative estimate of drug-likeness (QED) is 0.318. The molecule has 1 heterocycles. The standard InChI is InChI=1S/C32H25B3O/c33-32(34,35)31(27-13-4-1-8-23(27)24-9-2-5-14-28(24)31)21-18-16-20(17-19-21)22-11-7-12-26-25-10-3-6-15-29(25)36-30(22)26/h1-19H,33-35H2. The summed E-state index contributed by atoms with van der Waals surface area (Å²) >= 11 is 0. The number of furan rings is 1. The van der Waals surface area contributed by atoms with E-state index in [-0.39, 0.29) is 10.5 Å². The second-order valence-electron chi connectivity index (χ2n) is 10.9. The first-order valence-electron chi connectivity index (χ1n) is 12.7. The molecule has 0 bridgehead atoms. The van der Waals surface area contributed by atoms with Gasteiger partial charge in [-0.25, -0.2) is 0 Å². The Balaban J connectivity index is 1.45. The van der Waals surface area contributed by atoms with Gasteiger partial charge in [0.05, 0.1) is 23.5 Å². The average Bonchev–Trinajstić information content (AvgIpc) is 3.43. The minimum atomic E-state index is -0.232. The molecular weight excluding hydrogens is 433 g/mol. The van der Waals surface area contributed by atoms with Crippen molar-refractivity contribution in [1.82, 2.24) is 0 Å². The molecule has 0 fully saturated rings. The third kappa shape index (κ3) is 2.76. The van der Waals surface area contributed by atoms with E-state index in [0.29, 0.717) is 0 Å². The van der Waals surface area contributed by atoms with Crippen LogP contribution in [0.3, 0.4) is 0 Å². The molecule has 0 unspecified atom stereocenters. The van der Waals surface area contributed by atoms with Crippen molar-refractivity contribution in [3.05, 3.63) is 132 Å². The molecule has 1 aromatic heterocycles. The van der Waals surface area contributed by atoms with Crippen LogP contribution in [0, 0.1) is 0 Å². The van der Waals surface area contributed by atoms with Crippen LogP contribution in [0.15, 0.2) is 120 Å². The maximum Gasteiger partial charge on any atom is 0.143 e. The van der Waals surface area contributed by atoms with Crippen molar-refractivity contribution < 1.29 is 4.42 Å². The predicted octanol–water partition coefficient (Wildman–Crippen LogP) is 5.54. The zero-order valence-electron chi connectivity index (χ0n) is 20.9. The highest BCUT2D eigenvalue weighted by atomic mass is 16.3. The topological polar surface area (TPSA) is 13.1 Å². The summed E-state index contributed by atoms with van der Waals surface area (Å²) in [5, 5.41) is 2.30. The monoisotopic (exact) mass is 458 g/mol. The van der Waals surface area contributed by atoms with E-state index in [1.54, 1.807) is 0 Å². The molecule has 36 heavy (non-hydrogen) atoms. The predicted molar refractivity (Wildman–Crippen MR) is 159 cm³/mol. The Bertz CT molecular complexity index is 1730. The summed E-state index contributed by atoms with van der Waals surface area (Å²) in [4.78, 5) is 0. The molecule has 0 saturated heterocycles. The molecule has 1 nitrogen and oxygen atoms in total. The van der Waals surface area contributed by atoms with Crippen molar-refractivity contribution in [2.45, 2.75) is 10.5 Å². The summed E-state index contributed by atoms with van der Waals surface area (Å²) in [7, 11) is 7.11. The van der Waals surface area contributed by atoms with Crippen LogP contribution in [0.4, 0.5) is 0 Å². The van der Waals surface area contributed by atoms with Gasteiger partial charge in [0, 0.05) is 21.8 Å². The highest BCUT2D eigenvalue weighted by molar-refractivity contribution is 6.60. The molecule has 5 aromatic carbocycles. The van der Waals surface area contributed by atoms with Gasteiger partial charge in [-0.05, 0) is 39.4 Å². The van der Waals surface area contributed by atoms with Crippen LogP contribution in [0.5, 0.6) is 0 Å². The third-order valence-electron chi connectivity index (χ3n) is 8.11. The van der Waals surface area contributed by atoms with E-state index in [1.807, 2.05) is 12.1 Å². The van der Waals surface area contributed by atoms with Gasteiger partial charge < -0.3 is 4.42 Å². The summed E-state index contributed by atoms with van der Waals surface area (Å²) in [5.74, 6) is 0. The lowest BCUT2D eigenvalue weighted by Gasteiger charge is -2.45. The van der Waals surface area contributed by atoms with Crippen LogP contribution in [0.1, 0.15) is 16.7 Å². The molecule has 168 valence electrons. The molecule has 0 aliphatic heterocycles. The van der Waals surface area contributed by atoms with Crippen LogP contribution in [0.2, 0.25) is 5.11 Å². The van der Waals surface area contributed by atoms with E-state index in [0.717, 1.165) is 27.5 Å². The lowest BCUT2D eigenvalue weighted by molar-refractivity contribution is 0.640. The average molecular weight is 458 g/mol. The Morgan fingerprint density at radius 1 is 0.528 bits per heavy atom. The maximum atomic E-state index is 6.34. The fraction of sp³-hybridized carbons (Fsp3) is 0.0625. The van der Waals surface area contributed by atoms with Gasteiger partial charge in [-0.15, -0.1) is 0 Å². The van der Waals surface area contributed by atoms with E-state index in [4.69, 9.17) is 4.42 Å². The highest BCUT2D eigenvalue weighted by Crippen LogP contribution is 2.60. The summed E-state index contributed by atoms with van der Waals surface area (Å²) in [6.07, 6.45) is 0. The van der Waals surface area contributed by atoms with Crippen LogP contribution in [-0.2, 0) is 5.41 Å². The minimum Gasteiger partial charge on any atom is -0.455 e. The zero-order chi connectivity index (χ0) is 24.5. The molecule has 0 spiro atoms. The highest BCUT2D eigenvalue weighted by Gasteiger charge is 2.51. The van der Waals surface area contributed by atoms with Gasteiger partial charge in [0.15, 0.2) is 0 Å². The van der Waals surface area contributed by atoms with E-state index in [2.05, 4.69) is 127 Å². The number of fused-ring (bicyclic) bond motifs is 6. The summed E-state index contributed by atoms with van der Waals surface area (Å²) in [6, 6.07) is 41.8. The Kier molecular flexibility index (Phi) is 4.48. The van der Waals surface area contributed by atoms with Crippen molar-refractivity contribution in [2.75, 3.05) is 0 Å². The molecule has 7 rings (SSSR count). The summed E-state index contributed by atoms with van der Waals surface area (Å²) in [5.41, 5.74) is 10.8. The Hall–Kier alpha value is -3.91. The van der Waals surface area contributed by atoms with E-state index >= 15 is 0 Å². The van der Waals surface area contributed by atoms with Crippen LogP contribution >= 0.6 is 0 Å². The van der Waals surface area contributed by atoms with Crippen molar-refractivity contribution in [3.8, 4) is 22.3 Å². The van der Waals surface area contributed by atoms with E-state index in [9.17, 15) is 0 Å². The molecule has 1 aliphatic rings. The smallest absolute Gasteiger partial charge is 0.143 e. The third-order valence-corrected chi connectivity index (χ3v) is 8.11. The second-order valence-corrected chi connectivity index (χ2v) is 10.9. The molecular formula is C32H25B3O. The van der Waals surface area contributed by atoms with Gasteiger partial charge >= 0.3 is 0 Å². The number of hydrogen-bond donors (Lipinski definition) is 0. The summed E-state index contributed by atoms with van der Waals surface area (Å²) in [6.45, 7) is 0. The first kappa shape index (κ1) is 21.4. The fourth-order valence-corrected chi connectivity index (χ4v) is 6.66. The maximum absolute atomic E-state index is 6.34. The van der Waals surface area contributed by atoms with E-state index < -0.39 is 0 Å². The largest absolute Gasteiger partial charge is 0.455 e. The van der Waals surface area contributed by atoms with Gasteiger partial charge in [0.25, 0.3) is 0 Å². The molecule has 6 aromatic rings. The first-order chi connectivity index (χ1) is 17.5. The van der Waals surface area contributed by atoms with Gasteiger partial charge in [0.1, 0.15) is 11.2 Å².